The van der Waals surface area contributed by atoms with Crippen molar-refractivity contribution in [1.82, 2.24) is 15.1 Å². The predicted molar refractivity (Wildman–Crippen MR) is 89.2 cm³/mol. The molecule has 1 aromatic heterocycles. The molecule has 2 aromatic rings. The second kappa shape index (κ2) is 5.72. The summed E-state index contributed by atoms with van der Waals surface area (Å²) in [6.07, 6.45) is 4.49. The number of ether oxygens (including phenoxy) is 1. The van der Waals surface area contributed by atoms with Crippen molar-refractivity contribution in [2.24, 2.45) is 7.05 Å². The van der Waals surface area contributed by atoms with Crippen LogP contribution in [0.2, 0.25) is 0 Å². The lowest BCUT2D eigenvalue weighted by atomic mass is 10.0. The van der Waals surface area contributed by atoms with Crippen LogP contribution in [0.25, 0.3) is 11.1 Å². The fourth-order valence-electron chi connectivity index (χ4n) is 2.67. The number of hydrogen-bond donors (Lipinski definition) is 1. The molecule has 122 valence electrons. The molecule has 1 aliphatic rings. The molecule has 0 bridgehead atoms. The molecule has 5 nitrogen and oxygen atoms in total. The van der Waals surface area contributed by atoms with E-state index in [0.29, 0.717) is 5.92 Å². The zero-order valence-corrected chi connectivity index (χ0v) is 14.0. The number of aromatic nitrogens is 2. The van der Waals surface area contributed by atoms with Crippen LogP contribution >= 0.6 is 0 Å². The van der Waals surface area contributed by atoms with Crippen LogP contribution in [0, 0.1) is 0 Å². The van der Waals surface area contributed by atoms with Crippen molar-refractivity contribution in [2.75, 3.05) is 0 Å². The second-order valence-electron chi connectivity index (χ2n) is 7.12. The molecule has 23 heavy (non-hydrogen) atoms. The first-order chi connectivity index (χ1) is 10.8. The predicted octanol–water partition coefficient (Wildman–Crippen LogP) is 3.47. The molecule has 2 unspecified atom stereocenters. The van der Waals surface area contributed by atoms with Crippen LogP contribution in [0.5, 0.6) is 0 Å². The van der Waals surface area contributed by atoms with E-state index in [-0.39, 0.29) is 12.1 Å². The Kier molecular flexibility index (Phi) is 3.88. The summed E-state index contributed by atoms with van der Waals surface area (Å²) in [5, 5.41) is 7.13. The van der Waals surface area contributed by atoms with Gasteiger partial charge in [-0.25, -0.2) is 4.79 Å². The summed E-state index contributed by atoms with van der Waals surface area (Å²) in [4.78, 5) is 11.8. The van der Waals surface area contributed by atoms with Crippen molar-refractivity contribution in [2.45, 2.75) is 44.8 Å². The quantitative estimate of drug-likeness (QED) is 0.944. The molecule has 1 aliphatic carbocycles. The van der Waals surface area contributed by atoms with Crippen molar-refractivity contribution in [1.29, 1.82) is 0 Å². The molecule has 0 spiro atoms. The average Bonchev–Trinajstić information content (AvgIpc) is 3.07. The second-order valence-corrected chi connectivity index (χ2v) is 7.12. The van der Waals surface area contributed by atoms with Gasteiger partial charge in [0.05, 0.1) is 6.20 Å². The standard InChI is InChI=1S/C18H23N3O2/c1-18(2,3)23-17(22)20-16-9-15(16)13-7-5-12(6-8-13)14-10-19-21(4)11-14/h5-8,10-11,15-16H,9H2,1-4H3,(H,20,22). The highest BCUT2D eigenvalue weighted by Crippen LogP contribution is 2.41. The van der Waals surface area contributed by atoms with E-state index >= 15 is 0 Å². The van der Waals surface area contributed by atoms with Gasteiger partial charge in [-0.2, -0.15) is 5.10 Å². The number of rotatable bonds is 3. The molecule has 0 saturated heterocycles. The van der Waals surface area contributed by atoms with Crippen LogP contribution in [0.3, 0.4) is 0 Å². The molecule has 2 atom stereocenters. The Labute approximate surface area is 136 Å². The molecule has 5 heteroatoms. The minimum absolute atomic E-state index is 0.175. The van der Waals surface area contributed by atoms with Gasteiger partial charge < -0.3 is 10.1 Å². The fraction of sp³-hybridized carbons (Fsp3) is 0.444. The molecular weight excluding hydrogens is 290 g/mol. The lowest BCUT2D eigenvalue weighted by Crippen LogP contribution is -2.34. The van der Waals surface area contributed by atoms with Crippen molar-refractivity contribution in [3.8, 4) is 11.1 Å². The van der Waals surface area contributed by atoms with Gasteiger partial charge in [0.1, 0.15) is 5.60 Å². The Hall–Kier alpha value is -2.30. The van der Waals surface area contributed by atoms with Crippen molar-refractivity contribution >= 4 is 6.09 Å². The minimum atomic E-state index is -0.458. The maximum atomic E-state index is 11.8. The first kappa shape index (κ1) is 15.6. The highest BCUT2D eigenvalue weighted by Gasteiger charge is 2.40. The third kappa shape index (κ3) is 3.92. The molecule has 1 saturated carbocycles. The van der Waals surface area contributed by atoms with E-state index < -0.39 is 5.60 Å². The van der Waals surface area contributed by atoms with Gasteiger partial charge >= 0.3 is 6.09 Å². The summed E-state index contributed by atoms with van der Waals surface area (Å²) >= 11 is 0. The Bertz CT molecular complexity index is 698. The summed E-state index contributed by atoms with van der Waals surface area (Å²) < 4.78 is 7.09. The van der Waals surface area contributed by atoms with E-state index in [4.69, 9.17) is 4.74 Å². The van der Waals surface area contributed by atoms with E-state index in [1.165, 1.54) is 5.56 Å². The number of alkyl carbamates (subject to hydrolysis) is 1. The van der Waals surface area contributed by atoms with Crippen LogP contribution < -0.4 is 5.32 Å². The third-order valence-electron chi connectivity index (χ3n) is 3.87. The van der Waals surface area contributed by atoms with Crippen LogP contribution in [0.1, 0.15) is 38.7 Å². The Balaban J connectivity index is 1.58. The van der Waals surface area contributed by atoms with E-state index in [2.05, 4.69) is 34.7 Å². The summed E-state index contributed by atoms with van der Waals surface area (Å²) in [6.45, 7) is 5.61. The summed E-state index contributed by atoms with van der Waals surface area (Å²) in [7, 11) is 1.91. The van der Waals surface area contributed by atoms with Crippen LogP contribution in [0.4, 0.5) is 4.79 Å². The Morgan fingerprint density at radius 2 is 1.96 bits per heavy atom. The highest BCUT2D eigenvalue weighted by atomic mass is 16.6. The number of aryl methyl sites for hydroxylation is 1. The van der Waals surface area contributed by atoms with Crippen LogP contribution in [0.15, 0.2) is 36.7 Å². The lowest BCUT2D eigenvalue weighted by Gasteiger charge is -2.19. The molecule has 1 amide bonds. The van der Waals surface area contributed by atoms with Gasteiger partial charge in [-0.05, 0) is 38.3 Å². The topological polar surface area (TPSA) is 56.2 Å². The third-order valence-corrected chi connectivity index (χ3v) is 3.87. The fourth-order valence-corrected chi connectivity index (χ4v) is 2.67. The maximum Gasteiger partial charge on any atom is 0.407 e. The van der Waals surface area contributed by atoms with E-state index in [1.54, 1.807) is 4.68 Å². The number of amides is 1. The molecule has 1 N–H and O–H groups in total. The average molecular weight is 313 g/mol. The van der Waals surface area contributed by atoms with Gasteiger partial charge in [0.2, 0.25) is 0 Å². The van der Waals surface area contributed by atoms with Gasteiger partial charge in [0.25, 0.3) is 0 Å². The molecule has 1 aromatic carbocycles. The van der Waals surface area contributed by atoms with E-state index in [1.807, 2.05) is 40.2 Å². The molecule has 0 aliphatic heterocycles. The molecule has 1 heterocycles. The Morgan fingerprint density at radius 3 is 2.52 bits per heavy atom. The summed E-state index contributed by atoms with van der Waals surface area (Å²) in [5.74, 6) is 0.380. The summed E-state index contributed by atoms with van der Waals surface area (Å²) in [5.41, 5.74) is 3.05. The number of carbonyl (C=O) groups excluding carboxylic acids is 1. The van der Waals surface area contributed by atoms with Crippen molar-refractivity contribution in [3.63, 3.8) is 0 Å². The lowest BCUT2D eigenvalue weighted by molar-refractivity contribution is 0.0523. The van der Waals surface area contributed by atoms with E-state index in [0.717, 1.165) is 17.5 Å². The van der Waals surface area contributed by atoms with Gasteiger partial charge in [-0.3, -0.25) is 4.68 Å². The van der Waals surface area contributed by atoms with Gasteiger partial charge in [0.15, 0.2) is 0 Å². The zero-order chi connectivity index (χ0) is 16.6. The first-order valence-electron chi connectivity index (χ1n) is 7.90. The smallest absolute Gasteiger partial charge is 0.407 e. The van der Waals surface area contributed by atoms with Crippen molar-refractivity contribution in [3.05, 3.63) is 42.2 Å². The van der Waals surface area contributed by atoms with E-state index in [9.17, 15) is 4.79 Å². The Morgan fingerprint density at radius 1 is 1.26 bits per heavy atom. The largest absolute Gasteiger partial charge is 0.444 e. The van der Waals surface area contributed by atoms with Crippen molar-refractivity contribution < 1.29 is 9.53 Å². The summed E-state index contributed by atoms with van der Waals surface area (Å²) in [6, 6.07) is 8.65. The number of nitrogens with zero attached hydrogens (tertiary/aromatic N) is 2. The van der Waals surface area contributed by atoms with Gasteiger partial charge in [-0.1, -0.05) is 24.3 Å². The zero-order valence-electron chi connectivity index (χ0n) is 14.0. The normalized spacial score (nSPS) is 20.2. The van der Waals surface area contributed by atoms with Crippen LogP contribution in [-0.4, -0.2) is 27.5 Å². The maximum absolute atomic E-state index is 11.8. The van der Waals surface area contributed by atoms with Gasteiger partial charge in [-0.15, -0.1) is 0 Å². The number of hydrogen-bond acceptors (Lipinski definition) is 3. The van der Waals surface area contributed by atoms with Gasteiger partial charge in [0, 0.05) is 30.8 Å². The number of carbonyl (C=O) groups is 1. The first-order valence-corrected chi connectivity index (χ1v) is 7.90. The highest BCUT2D eigenvalue weighted by molar-refractivity contribution is 5.69. The molecule has 0 radical (unpaired) electrons. The SMILES string of the molecule is Cn1cc(-c2ccc(C3CC3NC(=O)OC(C)(C)C)cc2)cn1. The number of benzene rings is 1. The monoisotopic (exact) mass is 313 g/mol. The number of nitrogens with one attached hydrogen (secondary N) is 1. The molecular formula is C18H23N3O2. The van der Waals surface area contributed by atoms with Crippen LogP contribution in [-0.2, 0) is 11.8 Å². The minimum Gasteiger partial charge on any atom is -0.444 e. The molecule has 3 rings (SSSR count). The molecule has 1 fully saturated rings.